The fourth-order valence-electron chi connectivity index (χ4n) is 2.75. The highest BCUT2D eigenvalue weighted by Crippen LogP contribution is 2.25. The maximum atomic E-state index is 11.2. The topological polar surface area (TPSA) is 80.3 Å². The zero-order chi connectivity index (χ0) is 19.9. The van der Waals surface area contributed by atoms with Gasteiger partial charge in [-0.25, -0.2) is 0 Å². The molecule has 0 amide bonds. The summed E-state index contributed by atoms with van der Waals surface area (Å²) < 4.78 is 27.1. The first kappa shape index (κ1) is 21.2. The average molecular weight is 380 g/mol. The lowest BCUT2D eigenvalue weighted by molar-refractivity contribution is -0.186. The molecule has 1 fully saturated rings. The standard InChI is InChI=1S/C20H28O7/c1-14(21)25-19(26-15(2)22)16-8-10-17(11-9-16)23-12-6-5-7-18-13-24-20(3,4)27-18/h8-11,18-19H,5-7,12-13H2,1-4H3. The van der Waals surface area contributed by atoms with E-state index in [4.69, 9.17) is 23.7 Å². The molecule has 7 heteroatoms. The SMILES string of the molecule is CC(=O)OC(OC(C)=O)c1ccc(OCCCCC2COC(C)(C)O2)cc1. The molecule has 7 nitrogen and oxygen atoms in total. The highest BCUT2D eigenvalue weighted by Gasteiger charge is 2.31. The van der Waals surface area contributed by atoms with Gasteiger partial charge in [-0.05, 0) is 57.4 Å². The van der Waals surface area contributed by atoms with Crippen LogP contribution in [0.3, 0.4) is 0 Å². The van der Waals surface area contributed by atoms with Gasteiger partial charge >= 0.3 is 11.9 Å². The Labute approximate surface area is 159 Å². The largest absolute Gasteiger partial charge is 0.494 e. The van der Waals surface area contributed by atoms with Gasteiger partial charge in [-0.15, -0.1) is 0 Å². The molecule has 1 aliphatic rings. The third-order valence-corrected chi connectivity index (χ3v) is 3.95. The molecular weight excluding hydrogens is 352 g/mol. The quantitative estimate of drug-likeness (QED) is 0.368. The third-order valence-electron chi connectivity index (χ3n) is 3.95. The Morgan fingerprint density at radius 2 is 1.74 bits per heavy atom. The predicted octanol–water partition coefficient (Wildman–Crippen LogP) is 3.51. The molecule has 150 valence electrons. The van der Waals surface area contributed by atoms with Crippen LogP contribution in [-0.2, 0) is 28.5 Å². The number of carbonyl (C=O) groups excluding carboxylic acids is 2. The van der Waals surface area contributed by atoms with E-state index in [1.54, 1.807) is 24.3 Å². The van der Waals surface area contributed by atoms with E-state index < -0.39 is 24.0 Å². The molecule has 1 aliphatic heterocycles. The smallest absolute Gasteiger partial charge is 0.305 e. The maximum Gasteiger partial charge on any atom is 0.305 e. The van der Waals surface area contributed by atoms with E-state index in [9.17, 15) is 9.59 Å². The van der Waals surface area contributed by atoms with Gasteiger partial charge < -0.3 is 23.7 Å². The summed E-state index contributed by atoms with van der Waals surface area (Å²) in [5.74, 6) is -0.827. The predicted molar refractivity (Wildman–Crippen MR) is 97.0 cm³/mol. The fraction of sp³-hybridized carbons (Fsp3) is 0.600. The molecule has 0 N–H and O–H groups in total. The number of benzene rings is 1. The van der Waals surface area contributed by atoms with Crippen molar-refractivity contribution in [1.82, 2.24) is 0 Å². The van der Waals surface area contributed by atoms with Gasteiger partial charge in [-0.3, -0.25) is 9.59 Å². The van der Waals surface area contributed by atoms with Crippen molar-refractivity contribution in [2.45, 2.75) is 65.1 Å². The van der Waals surface area contributed by atoms with Crippen molar-refractivity contribution >= 4 is 11.9 Å². The zero-order valence-corrected chi connectivity index (χ0v) is 16.4. The summed E-state index contributed by atoms with van der Waals surface area (Å²) in [7, 11) is 0. The van der Waals surface area contributed by atoms with Crippen molar-refractivity contribution in [3.63, 3.8) is 0 Å². The third kappa shape index (κ3) is 7.56. The van der Waals surface area contributed by atoms with Crippen LogP contribution in [-0.4, -0.2) is 37.0 Å². The van der Waals surface area contributed by atoms with Crippen LogP contribution in [0.25, 0.3) is 0 Å². The molecule has 27 heavy (non-hydrogen) atoms. The van der Waals surface area contributed by atoms with E-state index in [0.29, 0.717) is 24.5 Å². The number of unbranched alkanes of at least 4 members (excludes halogenated alkanes) is 1. The molecule has 0 aromatic heterocycles. The molecule has 1 aromatic rings. The minimum Gasteiger partial charge on any atom is -0.494 e. The second-order valence-corrected chi connectivity index (χ2v) is 6.91. The monoisotopic (exact) mass is 380 g/mol. The summed E-state index contributed by atoms with van der Waals surface area (Å²) in [4.78, 5) is 22.3. The molecule has 1 heterocycles. The molecule has 0 aliphatic carbocycles. The fourth-order valence-corrected chi connectivity index (χ4v) is 2.75. The Balaban J connectivity index is 1.73. The van der Waals surface area contributed by atoms with Crippen molar-refractivity contribution in [2.24, 2.45) is 0 Å². The molecule has 1 aromatic carbocycles. The molecule has 0 saturated carbocycles. The summed E-state index contributed by atoms with van der Waals surface area (Å²) in [6.07, 6.45) is 1.94. The van der Waals surface area contributed by atoms with E-state index in [2.05, 4.69) is 0 Å². The number of ether oxygens (including phenoxy) is 5. The minimum absolute atomic E-state index is 0.152. The van der Waals surface area contributed by atoms with Gasteiger partial charge in [0.15, 0.2) is 5.79 Å². The van der Waals surface area contributed by atoms with Crippen molar-refractivity contribution in [2.75, 3.05) is 13.2 Å². The molecule has 1 saturated heterocycles. The lowest BCUT2D eigenvalue weighted by Crippen LogP contribution is -2.21. The molecule has 1 atom stereocenters. The van der Waals surface area contributed by atoms with Gasteiger partial charge in [-0.1, -0.05) is 0 Å². The molecule has 0 radical (unpaired) electrons. The Bertz CT molecular complexity index is 608. The first-order chi connectivity index (χ1) is 12.7. The van der Waals surface area contributed by atoms with Gasteiger partial charge in [0.2, 0.25) is 0 Å². The molecule has 0 spiro atoms. The zero-order valence-electron chi connectivity index (χ0n) is 16.4. The summed E-state index contributed by atoms with van der Waals surface area (Å²) in [6.45, 7) is 7.60. The van der Waals surface area contributed by atoms with Crippen LogP contribution in [0.4, 0.5) is 0 Å². The normalized spacial score (nSPS) is 18.3. The molecule has 2 rings (SSSR count). The van der Waals surface area contributed by atoms with Crippen LogP contribution in [0.15, 0.2) is 24.3 Å². The van der Waals surface area contributed by atoms with Crippen LogP contribution in [0.5, 0.6) is 5.75 Å². The molecule has 1 unspecified atom stereocenters. The average Bonchev–Trinajstić information content (AvgIpc) is 2.92. The van der Waals surface area contributed by atoms with Crippen molar-refractivity contribution in [1.29, 1.82) is 0 Å². The second-order valence-electron chi connectivity index (χ2n) is 6.91. The van der Waals surface area contributed by atoms with Crippen molar-refractivity contribution < 1.29 is 33.3 Å². The number of carbonyl (C=O) groups is 2. The van der Waals surface area contributed by atoms with Crippen molar-refractivity contribution in [3.05, 3.63) is 29.8 Å². The second kappa shape index (κ2) is 9.71. The number of esters is 2. The molecule has 0 bridgehead atoms. The maximum absolute atomic E-state index is 11.2. The van der Waals surface area contributed by atoms with Crippen LogP contribution in [0.2, 0.25) is 0 Å². The van der Waals surface area contributed by atoms with Crippen molar-refractivity contribution in [3.8, 4) is 5.75 Å². The lowest BCUT2D eigenvalue weighted by Gasteiger charge is -2.17. The highest BCUT2D eigenvalue weighted by molar-refractivity contribution is 5.68. The summed E-state index contributed by atoms with van der Waals surface area (Å²) in [6, 6.07) is 6.92. The number of rotatable bonds is 9. The number of hydrogen-bond acceptors (Lipinski definition) is 7. The first-order valence-corrected chi connectivity index (χ1v) is 9.14. The summed E-state index contributed by atoms with van der Waals surface area (Å²) >= 11 is 0. The Morgan fingerprint density at radius 1 is 1.11 bits per heavy atom. The van der Waals surface area contributed by atoms with Gasteiger partial charge in [0.05, 0.1) is 19.3 Å². The van der Waals surface area contributed by atoms with Gasteiger partial charge in [0.25, 0.3) is 6.29 Å². The van der Waals surface area contributed by atoms with E-state index in [1.165, 1.54) is 13.8 Å². The van der Waals surface area contributed by atoms with Crippen LogP contribution < -0.4 is 4.74 Å². The van der Waals surface area contributed by atoms with E-state index in [0.717, 1.165) is 19.3 Å². The Hall–Kier alpha value is -2.12. The number of hydrogen-bond donors (Lipinski definition) is 0. The van der Waals surface area contributed by atoms with Gasteiger partial charge in [0, 0.05) is 19.4 Å². The molecular formula is C20H28O7. The first-order valence-electron chi connectivity index (χ1n) is 9.14. The van der Waals surface area contributed by atoms with E-state index in [1.807, 2.05) is 13.8 Å². The van der Waals surface area contributed by atoms with Crippen LogP contribution >= 0.6 is 0 Å². The van der Waals surface area contributed by atoms with Crippen LogP contribution in [0.1, 0.15) is 58.8 Å². The lowest BCUT2D eigenvalue weighted by atomic mass is 10.1. The highest BCUT2D eigenvalue weighted by atomic mass is 16.7. The summed E-state index contributed by atoms with van der Waals surface area (Å²) in [5.41, 5.74) is 0.564. The minimum atomic E-state index is -1.05. The van der Waals surface area contributed by atoms with E-state index >= 15 is 0 Å². The Morgan fingerprint density at radius 3 is 2.26 bits per heavy atom. The van der Waals surface area contributed by atoms with Gasteiger partial charge in [-0.2, -0.15) is 0 Å². The van der Waals surface area contributed by atoms with E-state index in [-0.39, 0.29) is 6.10 Å². The summed E-state index contributed by atoms with van der Waals surface area (Å²) in [5, 5.41) is 0. The Kier molecular flexibility index (Phi) is 7.62. The van der Waals surface area contributed by atoms with Gasteiger partial charge in [0.1, 0.15) is 5.75 Å². The van der Waals surface area contributed by atoms with Crippen LogP contribution in [0, 0.1) is 0 Å².